The van der Waals surface area contributed by atoms with Crippen LogP contribution in [0.25, 0.3) is 0 Å². The van der Waals surface area contributed by atoms with Gasteiger partial charge in [0.15, 0.2) is 11.5 Å². The molecule has 28 heavy (non-hydrogen) atoms. The summed E-state index contributed by atoms with van der Waals surface area (Å²) >= 11 is 0. The van der Waals surface area contributed by atoms with Crippen molar-refractivity contribution < 1.29 is 19.0 Å². The Morgan fingerprint density at radius 3 is 2.61 bits per heavy atom. The van der Waals surface area contributed by atoms with Crippen LogP contribution in [0.15, 0.2) is 42.5 Å². The first kappa shape index (κ1) is 19.9. The molecular weight excluding hydrogens is 356 g/mol. The highest BCUT2D eigenvalue weighted by Gasteiger charge is 2.23. The van der Waals surface area contributed by atoms with Crippen molar-refractivity contribution in [2.45, 2.75) is 26.4 Å². The molecule has 0 fully saturated rings. The molecule has 3 rings (SSSR count). The molecule has 1 atom stereocenters. The normalized spacial score (nSPS) is 13.8. The third kappa shape index (κ3) is 4.68. The minimum absolute atomic E-state index is 0.128. The van der Waals surface area contributed by atoms with Crippen molar-refractivity contribution in [1.29, 1.82) is 0 Å². The predicted octanol–water partition coefficient (Wildman–Crippen LogP) is 4.01. The lowest BCUT2D eigenvalue weighted by Crippen LogP contribution is -2.40. The highest BCUT2D eigenvalue weighted by Crippen LogP contribution is 2.34. The highest BCUT2D eigenvalue weighted by atomic mass is 16.6. The Morgan fingerprint density at radius 2 is 1.89 bits per heavy atom. The number of hydrogen-bond acceptors (Lipinski definition) is 4. The number of hydrogen-bond donors (Lipinski definition) is 1. The van der Waals surface area contributed by atoms with E-state index in [2.05, 4.69) is 19.2 Å². The Hall–Kier alpha value is -2.89. The number of nitrogens with one attached hydrogen (secondary N) is 1. The smallest absolute Gasteiger partial charge is 0.317 e. The Morgan fingerprint density at radius 1 is 1.14 bits per heavy atom. The van der Waals surface area contributed by atoms with Crippen LogP contribution in [0.5, 0.6) is 17.2 Å². The standard InChI is InChI=1S/C22H28N2O4/c1-15(2)21(17-8-9-19-20(13-17)28-11-10-27-19)23-22(25)24(3)14-16-6-5-7-18(12-16)26-4/h5-9,12-13,15,21H,10-11,14H2,1-4H3,(H,23,25). The van der Waals surface area contributed by atoms with Crippen LogP contribution in [0.4, 0.5) is 4.79 Å². The number of amides is 2. The third-order valence-corrected chi connectivity index (χ3v) is 4.77. The van der Waals surface area contributed by atoms with Gasteiger partial charge in [0.1, 0.15) is 19.0 Å². The van der Waals surface area contributed by atoms with Gasteiger partial charge in [0.05, 0.1) is 13.2 Å². The first-order valence-corrected chi connectivity index (χ1v) is 9.52. The van der Waals surface area contributed by atoms with E-state index in [0.717, 1.165) is 28.4 Å². The molecule has 6 nitrogen and oxygen atoms in total. The molecule has 2 amide bonds. The molecule has 0 radical (unpaired) electrons. The number of urea groups is 1. The fourth-order valence-electron chi connectivity index (χ4n) is 3.25. The van der Waals surface area contributed by atoms with E-state index in [1.807, 2.05) is 42.5 Å². The molecule has 0 aliphatic carbocycles. The molecule has 0 saturated heterocycles. The van der Waals surface area contributed by atoms with Gasteiger partial charge < -0.3 is 24.4 Å². The average molecular weight is 384 g/mol. The van der Waals surface area contributed by atoms with Gasteiger partial charge in [-0.05, 0) is 41.3 Å². The van der Waals surface area contributed by atoms with Crippen LogP contribution in [0.1, 0.15) is 31.0 Å². The monoisotopic (exact) mass is 384 g/mol. The molecule has 1 heterocycles. The van der Waals surface area contributed by atoms with E-state index < -0.39 is 0 Å². The second-order valence-electron chi connectivity index (χ2n) is 7.28. The van der Waals surface area contributed by atoms with E-state index in [0.29, 0.717) is 19.8 Å². The zero-order valence-corrected chi connectivity index (χ0v) is 16.9. The van der Waals surface area contributed by atoms with Crippen LogP contribution in [-0.2, 0) is 6.54 Å². The molecule has 0 bridgehead atoms. The fraction of sp³-hybridized carbons (Fsp3) is 0.409. The largest absolute Gasteiger partial charge is 0.497 e. The van der Waals surface area contributed by atoms with Gasteiger partial charge in [-0.2, -0.15) is 0 Å². The number of methoxy groups -OCH3 is 1. The van der Waals surface area contributed by atoms with Crippen molar-refractivity contribution in [1.82, 2.24) is 10.2 Å². The maximum atomic E-state index is 12.8. The second kappa shape index (κ2) is 8.87. The minimum Gasteiger partial charge on any atom is -0.497 e. The molecule has 0 spiro atoms. The van der Waals surface area contributed by atoms with E-state index >= 15 is 0 Å². The zero-order chi connectivity index (χ0) is 20.1. The molecule has 1 N–H and O–H groups in total. The minimum atomic E-state index is -0.129. The first-order chi connectivity index (χ1) is 13.5. The van der Waals surface area contributed by atoms with Crippen molar-refractivity contribution in [2.75, 3.05) is 27.4 Å². The number of fused-ring (bicyclic) bond motifs is 1. The van der Waals surface area contributed by atoms with Gasteiger partial charge in [-0.1, -0.05) is 32.0 Å². The van der Waals surface area contributed by atoms with Gasteiger partial charge in [0.25, 0.3) is 0 Å². The van der Waals surface area contributed by atoms with Gasteiger partial charge in [-0.15, -0.1) is 0 Å². The summed E-state index contributed by atoms with van der Waals surface area (Å²) in [5.41, 5.74) is 2.01. The summed E-state index contributed by atoms with van der Waals surface area (Å²) in [6.45, 7) is 5.77. The molecule has 2 aromatic carbocycles. The molecule has 0 saturated carbocycles. The van der Waals surface area contributed by atoms with E-state index in [4.69, 9.17) is 14.2 Å². The summed E-state index contributed by atoms with van der Waals surface area (Å²) in [5, 5.41) is 3.15. The highest BCUT2D eigenvalue weighted by molar-refractivity contribution is 5.74. The van der Waals surface area contributed by atoms with Crippen molar-refractivity contribution in [3.8, 4) is 17.2 Å². The van der Waals surface area contributed by atoms with Gasteiger partial charge in [0.2, 0.25) is 0 Å². The van der Waals surface area contributed by atoms with Crippen LogP contribution in [-0.4, -0.2) is 38.3 Å². The first-order valence-electron chi connectivity index (χ1n) is 9.52. The molecule has 1 aliphatic heterocycles. The summed E-state index contributed by atoms with van der Waals surface area (Å²) in [5.74, 6) is 2.48. The summed E-state index contributed by atoms with van der Waals surface area (Å²) in [4.78, 5) is 14.5. The number of benzene rings is 2. The Labute approximate surface area is 166 Å². The van der Waals surface area contributed by atoms with Crippen molar-refractivity contribution in [2.24, 2.45) is 5.92 Å². The number of nitrogens with zero attached hydrogens (tertiary/aromatic N) is 1. The SMILES string of the molecule is COc1cccc(CN(C)C(=O)NC(c2ccc3c(c2)OCCO3)C(C)C)c1. The van der Waals surface area contributed by atoms with Crippen molar-refractivity contribution in [3.63, 3.8) is 0 Å². The van der Waals surface area contributed by atoms with Gasteiger partial charge in [0, 0.05) is 13.6 Å². The quantitative estimate of drug-likeness (QED) is 0.818. The molecular formula is C22H28N2O4. The summed E-state index contributed by atoms with van der Waals surface area (Å²) in [6, 6.07) is 13.3. The van der Waals surface area contributed by atoms with E-state index in [1.165, 1.54) is 0 Å². The Bertz CT molecular complexity index is 822. The lowest BCUT2D eigenvalue weighted by atomic mass is 9.95. The maximum Gasteiger partial charge on any atom is 0.317 e. The zero-order valence-electron chi connectivity index (χ0n) is 16.9. The summed E-state index contributed by atoms with van der Waals surface area (Å²) in [7, 11) is 3.42. The van der Waals surface area contributed by atoms with Gasteiger partial charge in [-0.25, -0.2) is 4.79 Å². The molecule has 1 unspecified atom stereocenters. The number of rotatable bonds is 6. The Balaban J connectivity index is 1.70. The number of ether oxygens (including phenoxy) is 3. The molecule has 150 valence electrons. The van der Waals surface area contributed by atoms with E-state index in [-0.39, 0.29) is 18.0 Å². The maximum absolute atomic E-state index is 12.8. The predicted molar refractivity (Wildman–Crippen MR) is 108 cm³/mol. The lowest BCUT2D eigenvalue weighted by Gasteiger charge is -2.28. The van der Waals surface area contributed by atoms with Gasteiger partial charge in [-0.3, -0.25) is 0 Å². The summed E-state index contributed by atoms with van der Waals surface area (Å²) in [6.07, 6.45) is 0. The third-order valence-electron chi connectivity index (χ3n) is 4.77. The molecule has 1 aliphatic rings. The van der Waals surface area contributed by atoms with Crippen LogP contribution in [0.3, 0.4) is 0 Å². The Kier molecular flexibility index (Phi) is 6.29. The molecule has 6 heteroatoms. The summed E-state index contributed by atoms with van der Waals surface area (Å²) < 4.78 is 16.5. The van der Waals surface area contributed by atoms with Crippen molar-refractivity contribution >= 4 is 6.03 Å². The van der Waals surface area contributed by atoms with Crippen molar-refractivity contribution in [3.05, 3.63) is 53.6 Å². The fourth-order valence-corrected chi connectivity index (χ4v) is 3.25. The van der Waals surface area contributed by atoms with Crippen LogP contribution in [0.2, 0.25) is 0 Å². The number of carbonyl (C=O) groups is 1. The topological polar surface area (TPSA) is 60.0 Å². The average Bonchev–Trinajstić information content (AvgIpc) is 2.71. The van der Waals surface area contributed by atoms with Crippen LogP contribution < -0.4 is 19.5 Å². The molecule has 0 aromatic heterocycles. The lowest BCUT2D eigenvalue weighted by molar-refractivity contribution is 0.171. The number of carbonyl (C=O) groups excluding carboxylic acids is 1. The van der Waals surface area contributed by atoms with Crippen LogP contribution in [0, 0.1) is 5.92 Å². The van der Waals surface area contributed by atoms with E-state index in [1.54, 1.807) is 19.1 Å². The second-order valence-corrected chi connectivity index (χ2v) is 7.28. The molecule has 2 aromatic rings. The van der Waals surface area contributed by atoms with Crippen LogP contribution >= 0.6 is 0 Å². The van der Waals surface area contributed by atoms with Gasteiger partial charge >= 0.3 is 6.03 Å². The van der Waals surface area contributed by atoms with E-state index in [9.17, 15) is 4.79 Å².